The van der Waals surface area contributed by atoms with E-state index in [1.54, 1.807) is 6.92 Å². The molecular weight excluding hydrogens is 196 g/mol. The van der Waals surface area contributed by atoms with Gasteiger partial charge in [0.1, 0.15) is 0 Å². The Morgan fingerprint density at radius 3 is 2.23 bits per heavy atom. The molecule has 13 heavy (non-hydrogen) atoms. The van der Waals surface area contributed by atoms with Crippen LogP contribution >= 0.6 is 0 Å². The van der Waals surface area contributed by atoms with Crippen molar-refractivity contribution < 1.29 is 23.1 Å². The molecule has 78 valence electrons. The fourth-order valence-corrected chi connectivity index (χ4v) is 2.08. The largest absolute Gasteiger partial charge is 0.480 e. The van der Waals surface area contributed by atoms with Crippen LogP contribution in [-0.2, 0) is 19.4 Å². The minimum Gasteiger partial charge on any atom is -0.480 e. The van der Waals surface area contributed by atoms with Crippen LogP contribution < -0.4 is 0 Å². The SMILES string of the molecule is COC(C)CS(=O)(=O)C(C)C(=O)O. The molecule has 0 saturated carbocycles. The van der Waals surface area contributed by atoms with E-state index < -0.39 is 27.2 Å². The highest BCUT2D eigenvalue weighted by molar-refractivity contribution is 7.92. The van der Waals surface area contributed by atoms with Gasteiger partial charge >= 0.3 is 5.97 Å². The summed E-state index contributed by atoms with van der Waals surface area (Å²) in [6.45, 7) is 2.73. The van der Waals surface area contributed by atoms with Gasteiger partial charge in [-0.2, -0.15) is 0 Å². The van der Waals surface area contributed by atoms with Crippen LogP contribution in [0, 0.1) is 0 Å². The summed E-state index contributed by atoms with van der Waals surface area (Å²) >= 11 is 0. The zero-order valence-corrected chi connectivity index (χ0v) is 8.67. The maximum Gasteiger partial charge on any atom is 0.321 e. The summed E-state index contributed by atoms with van der Waals surface area (Å²) in [5, 5.41) is 7.11. The van der Waals surface area contributed by atoms with Crippen LogP contribution in [0.25, 0.3) is 0 Å². The molecule has 0 aliphatic carbocycles. The lowest BCUT2D eigenvalue weighted by Crippen LogP contribution is -2.33. The average Bonchev–Trinajstić information content (AvgIpc) is 2.01. The quantitative estimate of drug-likeness (QED) is 0.685. The zero-order valence-electron chi connectivity index (χ0n) is 7.85. The molecule has 6 heteroatoms. The van der Waals surface area contributed by atoms with E-state index in [0.717, 1.165) is 6.92 Å². The lowest BCUT2D eigenvalue weighted by Gasteiger charge is -2.12. The van der Waals surface area contributed by atoms with Gasteiger partial charge in [-0.25, -0.2) is 8.42 Å². The smallest absolute Gasteiger partial charge is 0.321 e. The van der Waals surface area contributed by atoms with Crippen molar-refractivity contribution in [2.75, 3.05) is 12.9 Å². The van der Waals surface area contributed by atoms with Crippen molar-refractivity contribution in [2.24, 2.45) is 0 Å². The van der Waals surface area contributed by atoms with Crippen LogP contribution in [0.3, 0.4) is 0 Å². The predicted molar refractivity (Wildman–Crippen MR) is 47.4 cm³/mol. The fourth-order valence-electron chi connectivity index (χ4n) is 0.693. The van der Waals surface area contributed by atoms with E-state index in [0.29, 0.717) is 0 Å². The molecule has 0 rings (SSSR count). The van der Waals surface area contributed by atoms with E-state index in [-0.39, 0.29) is 5.75 Å². The summed E-state index contributed by atoms with van der Waals surface area (Å²) < 4.78 is 27.3. The Balaban J connectivity index is 4.50. The molecule has 0 fully saturated rings. The van der Waals surface area contributed by atoms with E-state index in [2.05, 4.69) is 0 Å². The molecule has 0 aliphatic rings. The van der Waals surface area contributed by atoms with Crippen LogP contribution in [0.2, 0.25) is 0 Å². The Morgan fingerprint density at radius 1 is 1.46 bits per heavy atom. The molecule has 5 nitrogen and oxygen atoms in total. The van der Waals surface area contributed by atoms with Crippen molar-refractivity contribution in [1.82, 2.24) is 0 Å². The highest BCUT2D eigenvalue weighted by Gasteiger charge is 2.28. The van der Waals surface area contributed by atoms with Gasteiger partial charge in [0, 0.05) is 7.11 Å². The third-order valence-electron chi connectivity index (χ3n) is 1.76. The van der Waals surface area contributed by atoms with E-state index >= 15 is 0 Å². The fraction of sp³-hybridized carbons (Fsp3) is 0.857. The van der Waals surface area contributed by atoms with Gasteiger partial charge in [-0.15, -0.1) is 0 Å². The number of hydrogen-bond donors (Lipinski definition) is 1. The first kappa shape index (κ1) is 12.4. The Labute approximate surface area is 77.6 Å². The first-order valence-corrected chi connectivity index (χ1v) is 5.50. The molecule has 0 aliphatic heterocycles. The molecule has 0 spiro atoms. The summed E-state index contributed by atoms with van der Waals surface area (Å²) in [5.41, 5.74) is 0. The number of carbonyl (C=O) groups is 1. The van der Waals surface area contributed by atoms with Crippen molar-refractivity contribution in [3.63, 3.8) is 0 Å². The number of rotatable bonds is 5. The number of aliphatic carboxylic acids is 1. The van der Waals surface area contributed by atoms with Gasteiger partial charge in [0.2, 0.25) is 0 Å². The molecule has 2 atom stereocenters. The summed E-state index contributed by atoms with van der Waals surface area (Å²) in [5.74, 6) is -1.60. The van der Waals surface area contributed by atoms with Gasteiger partial charge in [-0.3, -0.25) is 4.79 Å². The van der Waals surface area contributed by atoms with Crippen molar-refractivity contribution in [2.45, 2.75) is 25.2 Å². The van der Waals surface area contributed by atoms with Crippen molar-refractivity contribution in [3.8, 4) is 0 Å². The highest BCUT2D eigenvalue weighted by atomic mass is 32.2. The second-order valence-corrected chi connectivity index (χ2v) is 5.22. The molecule has 0 saturated heterocycles. The van der Waals surface area contributed by atoms with Crippen LogP contribution in [-0.4, -0.2) is 43.7 Å². The Morgan fingerprint density at radius 2 is 1.92 bits per heavy atom. The molecule has 0 aromatic heterocycles. The van der Waals surface area contributed by atoms with E-state index in [4.69, 9.17) is 9.84 Å². The van der Waals surface area contributed by atoms with E-state index in [1.807, 2.05) is 0 Å². The van der Waals surface area contributed by atoms with Crippen molar-refractivity contribution in [3.05, 3.63) is 0 Å². The topological polar surface area (TPSA) is 80.7 Å². The molecule has 0 amide bonds. The molecule has 0 aromatic rings. The van der Waals surface area contributed by atoms with Crippen LogP contribution in [0.1, 0.15) is 13.8 Å². The Hall–Kier alpha value is -0.620. The van der Waals surface area contributed by atoms with Crippen LogP contribution in [0.5, 0.6) is 0 Å². The normalized spacial score (nSPS) is 16.5. The molecule has 0 radical (unpaired) electrons. The number of hydrogen-bond acceptors (Lipinski definition) is 4. The van der Waals surface area contributed by atoms with Gasteiger partial charge in [0.05, 0.1) is 11.9 Å². The number of ether oxygens (including phenoxy) is 1. The van der Waals surface area contributed by atoms with Gasteiger partial charge in [-0.05, 0) is 13.8 Å². The van der Waals surface area contributed by atoms with Gasteiger partial charge in [0.15, 0.2) is 15.1 Å². The van der Waals surface area contributed by atoms with Gasteiger partial charge in [0.25, 0.3) is 0 Å². The first-order chi connectivity index (χ1) is 5.81. The Bertz CT molecular complexity index is 269. The third kappa shape index (κ3) is 3.73. The van der Waals surface area contributed by atoms with E-state index in [9.17, 15) is 13.2 Å². The molecule has 0 bridgehead atoms. The highest BCUT2D eigenvalue weighted by Crippen LogP contribution is 2.05. The maximum absolute atomic E-state index is 11.3. The molecule has 0 aromatic carbocycles. The number of methoxy groups -OCH3 is 1. The summed E-state index contributed by atoms with van der Waals surface area (Å²) in [7, 11) is -2.21. The van der Waals surface area contributed by atoms with E-state index in [1.165, 1.54) is 7.11 Å². The Kier molecular flexibility index (Phi) is 4.35. The summed E-state index contributed by atoms with van der Waals surface area (Å²) in [4.78, 5) is 10.4. The lowest BCUT2D eigenvalue weighted by molar-refractivity contribution is -0.136. The van der Waals surface area contributed by atoms with Crippen molar-refractivity contribution in [1.29, 1.82) is 0 Å². The third-order valence-corrected chi connectivity index (χ3v) is 3.97. The number of carboxylic acids is 1. The second-order valence-electron chi connectivity index (χ2n) is 2.86. The van der Waals surface area contributed by atoms with Crippen LogP contribution in [0.4, 0.5) is 0 Å². The predicted octanol–water partition coefficient (Wildman–Crippen LogP) is -0.0908. The lowest BCUT2D eigenvalue weighted by atomic mass is 10.5. The molecular formula is C7H14O5S. The van der Waals surface area contributed by atoms with Crippen molar-refractivity contribution >= 4 is 15.8 Å². The number of sulfone groups is 1. The maximum atomic E-state index is 11.3. The minimum absolute atomic E-state index is 0.267. The molecule has 2 unspecified atom stereocenters. The van der Waals surface area contributed by atoms with Gasteiger partial charge in [-0.1, -0.05) is 0 Å². The monoisotopic (exact) mass is 210 g/mol. The van der Waals surface area contributed by atoms with Gasteiger partial charge < -0.3 is 9.84 Å². The zero-order chi connectivity index (χ0) is 10.6. The second kappa shape index (κ2) is 4.57. The first-order valence-electron chi connectivity index (χ1n) is 3.78. The molecule has 1 N–H and O–H groups in total. The molecule has 0 heterocycles. The average molecular weight is 210 g/mol. The standard InChI is InChI=1S/C7H14O5S/c1-5(12-3)4-13(10,11)6(2)7(8)9/h5-6H,4H2,1-3H3,(H,8,9). The summed E-state index contributed by atoms with van der Waals surface area (Å²) in [6, 6.07) is 0. The van der Waals surface area contributed by atoms with Crippen LogP contribution in [0.15, 0.2) is 0 Å². The number of carboxylic acid groups (broad SMARTS) is 1. The summed E-state index contributed by atoms with van der Waals surface area (Å²) in [6.07, 6.45) is -0.480. The minimum atomic E-state index is -3.60.